The van der Waals surface area contributed by atoms with Crippen molar-refractivity contribution in [2.75, 3.05) is 7.11 Å². The molecule has 0 saturated heterocycles. The Balaban J connectivity index is 0.00000169. The van der Waals surface area contributed by atoms with Crippen molar-refractivity contribution >= 4 is 12.6 Å². The van der Waals surface area contributed by atoms with Crippen molar-refractivity contribution in [1.29, 1.82) is 0 Å². The molecule has 1 aromatic heterocycles. The average Bonchev–Trinajstić information content (AvgIpc) is 2.01. The van der Waals surface area contributed by atoms with E-state index in [1.54, 1.807) is 0 Å². The fourth-order valence-corrected chi connectivity index (χ4v) is 1.11. The first-order chi connectivity index (χ1) is 5.96. The number of nitrogens with zero attached hydrogens (tertiary/aromatic N) is 1. The number of rotatable bonds is 1. The summed E-state index contributed by atoms with van der Waals surface area (Å²) < 4.78 is 41.4. The molecule has 0 spiro atoms. The first-order valence-corrected chi connectivity index (χ1v) is 3.65. The molecule has 1 rings (SSSR count). The van der Waals surface area contributed by atoms with Gasteiger partial charge in [-0.2, -0.15) is 18.1 Å². The number of aromatic nitrogens is 1. The van der Waals surface area contributed by atoms with Crippen LogP contribution in [0.15, 0.2) is 17.2 Å². The summed E-state index contributed by atoms with van der Waals surface area (Å²) in [5, 5.41) is 0. The van der Waals surface area contributed by atoms with Crippen LogP contribution in [0.4, 0.5) is 13.2 Å². The molecule has 0 bridgehead atoms. The van der Waals surface area contributed by atoms with Crippen LogP contribution >= 0.6 is 0 Å². The molecule has 0 radical (unpaired) electrons. The molecular formula is C7H5F3NNaOS. The van der Waals surface area contributed by atoms with Crippen molar-refractivity contribution in [3.05, 3.63) is 17.8 Å². The fourth-order valence-electron chi connectivity index (χ4n) is 0.842. The molecule has 0 aromatic carbocycles. The summed E-state index contributed by atoms with van der Waals surface area (Å²) in [5.41, 5.74) is -0.993. The standard InChI is InChI=1S/C7H6F3NOS.Na/c1-12-6-5(7(8,9)10)4(13)2-3-11-6;/h2-3H,1H3,(H,11,13);/q;+1/p-1. The zero-order valence-corrected chi connectivity index (χ0v) is 10.4. The third-order valence-electron chi connectivity index (χ3n) is 1.35. The van der Waals surface area contributed by atoms with Crippen LogP contribution in [-0.4, -0.2) is 12.1 Å². The van der Waals surface area contributed by atoms with Crippen LogP contribution in [0.2, 0.25) is 0 Å². The van der Waals surface area contributed by atoms with Crippen LogP contribution < -0.4 is 34.3 Å². The summed E-state index contributed by atoms with van der Waals surface area (Å²) in [6, 6.07) is 1.11. The average molecular weight is 231 g/mol. The van der Waals surface area contributed by atoms with E-state index < -0.39 is 17.6 Å². The van der Waals surface area contributed by atoms with Gasteiger partial charge in [-0.05, 0) is 0 Å². The van der Waals surface area contributed by atoms with Gasteiger partial charge < -0.3 is 17.4 Å². The van der Waals surface area contributed by atoms with Crippen molar-refractivity contribution in [2.45, 2.75) is 11.1 Å². The predicted octanol–water partition coefficient (Wildman–Crippen LogP) is -0.981. The third kappa shape index (κ3) is 2.98. The van der Waals surface area contributed by atoms with Crippen molar-refractivity contribution < 1.29 is 47.5 Å². The number of hydrogen-bond acceptors (Lipinski definition) is 3. The Morgan fingerprint density at radius 3 is 2.36 bits per heavy atom. The monoisotopic (exact) mass is 231 g/mol. The SMILES string of the molecule is COc1nccc([S-])c1C(F)(F)F.[Na+]. The summed E-state index contributed by atoms with van der Waals surface area (Å²) in [5.74, 6) is -0.486. The van der Waals surface area contributed by atoms with Gasteiger partial charge >= 0.3 is 35.7 Å². The van der Waals surface area contributed by atoms with Crippen LogP contribution in [0.3, 0.4) is 0 Å². The molecule has 0 atom stereocenters. The smallest absolute Gasteiger partial charge is 0.779 e. The summed E-state index contributed by atoms with van der Waals surface area (Å²) in [4.78, 5) is 3.11. The first kappa shape index (κ1) is 14.0. The molecule has 1 aromatic rings. The Bertz CT molecular complexity index is 318. The number of pyridine rings is 1. The maximum atomic E-state index is 12.3. The van der Waals surface area contributed by atoms with Crippen molar-refractivity contribution in [3.8, 4) is 5.88 Å². The van der Waals surface area contributed by atoms with Gasteiger partial charge in [0.2, 0.25) is 5.88 Å². The molecule has 2 nitrogen and oxygen atoms in total. The van der Waals surface area contributed by atoms with Crippen LogP contribution in [0.1, 0.15) is 5.56 Å². The molecule has 72 valence electrons. The van der Waals surface area contributed by atoms with Gasteiger partial charge in [0.25, 0.3) is 0 Å². The first-order valence-electron chi connectivity index (χ1n) is 3.24. The minimum Gasteiger partial charge on any atom is -0.779 e. The Kier molecular flexibility index (Phi) is 5.14. The second kappa shape index (κ2) is 5.16. The second-order valence-corrected chi connectivity index (χ2v) is 2.63. The maximum Gasteiger partial charge on any atom is 1.00 e. The van der Waals surface area contributed by atoms with Gasteiger partial charge in [-0.15, -0.1) is 0 Å². The van der Waals surface area contributed by atoms with E-state index in [4.69, 9.17) is 0 Å². The van der Waals surface area contributed by atoms with Gasteiger partial charge in [-0.1, -0.05) is 6.07 Å². The number of ether oxygens (including phenoxy) is 1. The van der Waals surface area contributed by atoms with Crippen molar-refractivity contribution in [3.63, 3.8) is 0 Å². The van der Waals surface area contributed by atoms with Gasteiger partial charge in [0.1, 0.15) is 0 Å². The molecule has 7 heteroatoms. The Morgan fingerprint density at radius 1 is 1.43 bits per heavy atom. The number of methoxy groups -OCH3 is 1. The largest absolute Gasteiger partial charge is 1.00 e. The Labute approximate surface area is 107 Å². The minimum absolute atomic E-state index is 0. The molecular weight excluding hydrogens is 226 g/mol. The summed E-state index contributed by atoms with van der Waals surface area (Å²) in [6.07, 6.45) is -3.34. The molecule has 0 aliphatic rings. The molecule has 1 heterocycles. The molecule has 0 fully saturated rings. The minimum atomic E-state index is -4.52. The number of hydrogen-bond donors (Lipinski definition) is 0. The van der Waals surface area contributed by atoms with E-state index in [9.17, 15) is 13.2 Å². The summed E-state index contributed by atoms with van der Waals surface area (Å²) in [7, 11) is 1.12. The van der Waals surface area contributed by atoms with E-state index >= 15 is 0 Å². The van der Waals surface area contributed by atoms with Crippen LogP contribution in [0.5, 0.6) is 5.88 Å². The van der Waals surface area contributed by atoms with Gasteiger partial charge in [-0.3, -0.25) is 0 Å². The number of halogens is 3. The normalized spacial score (nSPS) is 10.6. The van der Waals surface area contributed by atoms with E-state index in [2.05, 4.69) is 22.3 Å². The molecule has 0 aliphatic heterocycles. The molecule has 14 heavy (non-hydrogen) atoms. The molecule has 0 N–H and O–H groups in total. The van der Waals surface area contributed by atoms with E-state index in [-0.39, 0.29) is 34.5 Å². The van der Waals surface area contributed by atoms with E-state index in [0.717, 1.165) is 13.2 Å². The molecule has 0 aliphatic carbocycles. The molecule has 0 saturated carbocycles. The van der Waals surface area contributed by atoms with Crippen LogP contribution in [0, 0.1) is 0 Å². The quantitative estimate of drug-likeness (QED) is 0.458. The summed E-state index contributed by atoms with van der Waals surface area (Å²) >= 11 is 4.51. The van der Waals surface area contributed by atoms with Gasteiger partial charge in [0.05, 0.1) is 12.7 Å². The topological polar surface area (TPSA) is 22.1 Å². The Morgan fingerprint density at radius 2 is 2.00 bits per heavy atom. The molecule has 0 amide bonds. The fraction of sp³-hybridized carbons (Fsp3) is 0.286. The van der Waals surface area contributed by atoms with E-state index in [1.807, 2.05) is 0 Å². The van der Waals surface area contributed by atoms with E-state index in [1.165, 1.54) is 6.20 Å². The molecule has 0 unspecified atom stereocenters. The van der Waals surface area contributed by atoms with Crippen LogP contribution in [0.25, 0.3) is 0 Å². The van der Waals surface area contributed by atoms with Gasteiger partial charge in [0, 0.05) is 6.20 Å². The van der Waals surface area contributed by atoms with Crippen LogP contribution in [-0.2, 0) is 18.8 Å². The Hall–Kier alpha value is -0.0400. The van der Waals surface area contributed by atoms with E-state index in [0.29, 0.717) is 0 Å². The van der Waals surface area contributed by atoms with Crippen molar-refractivity contribution in [2.24, 2.45) is 0 Å². The maximum absolute atomic E-state index is 12.3. The number of alkyl halides is 3. The second-order valence-electron chi connectivity index (χ2n) is 2.19. The van der Waals surface area contributed by atoms with Gasteiger partial charge in [0.15, 0.2) is 0 Å². The third-order valence-corrected chi connectivity index (χ3v) is 1.69. The van der Waals surface area contributed by atoms with Crippen molar-refractivity contribution in [1.82, 2.24) is 4.98 Å². The predicted molar refractivity (Wildman–Crippen MR) is 41.4 cm³/mol. The zero-order valence-electron chi connectivity index (χ0n) is 7.55. The zero-order chi connectivity index (χ0) is 10.1. The van der Waals surface area contributed by atoms with Gasteiger partial charge in [-0.25, -0.2) is 4.98 Å². The summed E-state index contributed by atoms with van der Waals surface area (Å²) in [6.45, 7) is 0.